The van der Waals surface area contributed by atoms with E-state index >= 15 is 0 Å². The first-order chi connectivity index (χ1) is 5.81. The minimum Gasteiger partial charge on any atom is -0.384 e. The van der Waals surface area contributed by atoms with E-state index in [2.05, 4.69) is 11.2 Å². The summed E-state index contributed by atoms with van der Waals surface area (Å²) in [5.74, 6) is 2.53. The van der Waals surface area contributed by atoms with Crippen LogP contribution in [0.25, 0.3) is 0 Å². The fourth-order valence-electron chi connectivity index (χ4n) is 0.701. The number of methoxy groups -OCH3 is 1. The van der Waals surface area contributed by atoms with Gasteiger partial charge in [0.05, 0.1) is 6.61 Å². The summed E-state index contributed by atoms with van der Waals surface area (Å²) in [5, 5.41) is 2.74. The number of unbranched alkanes of at least 4 members (excludes halogenated alkanes) is 1. The van der Waals surface area contributed by atoms with E-state index in [9.17, 15) is 4.79 Å². The summed E-state index contributed by atoms with van der Waals surface area (Å²) in [6.07, 6.45) is 7.02. The molecule has 3 heteroatoms. The summed E-state index contributed by atoms with van der Waals surface area (Å²) in [5.41, 5.74) is 0. The molecule has 0 bridgehead atoms. The molecular formula is C9H15NO2. The van der Waals surface area contributed by atoms with Crippen LogP contribution in [0.15, 0.2) is 0 Å². The first kappa shape index (κ1) is 11.0. The molecule has 3 nitrogen and oxygen atoms in total. The molecule has 0 heterocycles. The van der Waals surface area contributed by atoms with Crippen LogP contribution in [0.1, 0.15) is 19.3 Å². The highest BCUT2D eigenvalue weighted by Crippen LogP contribution is 1.85. The number of nitrogens with one attached hydrogen (secondary N) is 1. The lowest BCUT2D eigenvalue weighted by Gasteiger charge is -2.02. The van der Waals surface area contributed by atoms with Crippen molar-refractivity contribution in [3.63, 3.8) is 0 Å². The number of rotatable bonds is 6. The molecule has 0 aromatic rings. The molecule has 0 atom stereocenters. The van der Waals surface area contributed by atoms with Crippen molar-refractivity contribution in [2.45, 2.75) is 19.3 Å². The number of carbonyl (C=O) groups is 1. The maximum Gasteiger partial charge on any atom is 0.222 e. The normalized spacial score (nSPS) is 9.00. The second-order valence-corrected chi connectivity index (χ2v) is 2.40. The number of amides is 1. The second-order valence-electron chi connectivity index (χ2n) is 2.40. The van der Waals surface area contributed by atoms with Gasteiger partial charge in [0.2, 0.25) is 5.91 Å². The first-order valence-corrected chi connectivity index (χ1v) is 4.00. The Morgan fingerprint density at radius 3 is 3.00 bits per heavy atom. The highest BCUT2D eigenvalue weighted by Gasteiger charge is 1.97. The molecule has 0 unspecified atom stereocenters. The number of ether oxygens (including phenoxy) is 1. The van der Waals surface area contributed by atoms with Crippen LogP contribution in [0.2, 0.25) is 0 Å². The average Bonchev–Trinajstić information content (AvgIpc) is 2.09. The summed E-state index contributed by atoms with van der Waals surface area (Å²) in [4.78, 5) is 10.9. The molecule has 0 saturated carbocycles. The summed E-state index contributed by atoms with van der Waals surface area (Å²) in [6.45, 7) is 1.13. The standard InChI is InChI=1S/C9H15NO2/c1-3-4-5-7-10-9(11)6-8-12-2/h1H,4-8H2,2H3,(H,10,11). The van der Waals surface area contributed by atoms with E-state index < -0.39 is 0 Å². The number of carbonyl (C=O) groups excluding carboxylic acids is 1. The van der Waals surface area contributed by atoms with Gasteiger partial charge in [0.25, 0.3) is 0 Å². The molecular weight excluding hydrogens is 154 g/mol. The van der Waals surface area contributed by atoms with Gasteiger partial charge >= 0.3 is 0 Å². The van der Waals surface area contributed by atoms with Crippen molar-refractivity contribution in [1.29, 1.82) is 0 Å². The third-order valence-corrected chi connectivity index (χ3v) is 1.35. The quantitative estimate of drug-likeness (QED) is 0.466. The molecule has 0 radical (unpaired) electrons. The van der Waals surface area contributed by atoms with Crippen LogP contribution in [0.5, 0.6) is 0 Å². The van der Waals surface area contributed by atoms with Gasteiger partial charge in [0, 0.05) is 26.5 Å². The van der Waals surface area contributed by atoms with Crippen LogP contribution >= 0.6 is 0 Å². The van der Waals surface area contributed by atoms with Gasteiger partial charge < -0.3 is 10.1 Å². The Morgan fingerprint density at radius 2 is 2.42 bits per heavy atom. The second kappa shape index (κ2) is 8.09. The lowest BCUT2D eigenvalue weighted by atomic mass is 10.3. The van der Waals surface area contributed by atoms with Crippen molar-refractivity contribution in [3.05, 3.63) is 0 Å². The third-order valence-electron chi connectivity index (χ3n) is 1.35. The van der Waals surface area contributed by atoms with Gasteiger partial charge in [-0.2, -0.15) is 0 Å². The first-order valence-electron chi connectivity index (χ1n) is 4.00. The number of hydrogen-bond donors (Lipinski definition) is 1. The Morgan fingerprint density at radius 1 is 1.67 bits per heavy atom. The summed E-state index contributed by atoms with van der Waals surface area (Å²) in [7, 11) is 1.58. The highest BCUT2D eigenvalue weighted by atomic mass is 16.5. The zero-order valence-corrected chi connectivity index (χ0v) is 7.43. The van der Waals surface area contributed by atoms with Crippen molar-refractivity contribution in [2.24, 2.45) is 0 Å². The van der Waals surface area contributed by atoms with Crippen molar-refractivity contribution in [2.75, 3.05) is 20.3 Å². The van der Waals surface area contributed by atoms with E-state index in [4.69, 9.17) is 11.2 Å². The monoisotopic (exact) mass is 169 g/mol. The Bertz CT molecular complexity index is 160. The van der Waals surface area contributed by atoms with Crippen molar-refractivity contribution in [1.82, 2.24) is 5.32 Å². The zero-order chi connectivity index (χ0) is 9.23. The van der Waals surface area contributed by atoms with Gasteiger partial charge in [-0.15, -0.1) is 12.3 Å². The molecule has 1 N–H and O–H groups in total. The predicted octanol–water partition coefficient (Wildman–Crippen LogP) is 0.552. The minimum atomic E-state index is 0.0221. The molecule has 0 aromatic carbocycles. The lowest BCUT2D eigenvalue weighted by molar-refractivity contribution is -0.121. The van der Waals surface area contributed by atoms with Crippen LogP contribution in [0, 0.1) is 12.3 Å². The van der Waals surface area contributed by atoms with Crippen LogP contribution in [-0.2, 0) is 9.53 Å². The van der Waals surface area contributed by atoms with E-state index in [1.54, 1.807) is 7.11 Å². The number of hydrogen-bond acceptors (Lipinski definition) is 2. The predicted molar refractivity (Wildman–Crippen MR) is 47.6 cm³/mol. The largest absolute Gasteiger partial charge is 0.384 e. The molecule has 0 saturated heterocycles. The smallest absolute Gasteiger partial charge is 0.222 e. The van der Waals surface area contributed by atoms with Gasteiger partial charge in [-0.1, -0.05) is 0 Å². The Kier molecular flexibility index (Phi) is 7.41. The zero-order valence-electron chi connectivity index (χ0n) is 7.43. The maximum absolute atomic E-state index is 10.9. The lowest BCUT2D eigenvalue weighted by Crippen LogP contribution is -2.25. The molecule has 0 spiro atoms. The Labute approximate surface area is 73.5 Å². The molecule has 0 aromatic heterocycles. The third kappa shape index (κ3) is 7.10. The number of terminal acetylenes is 1. The van der Waals surface area contributed by atoms with E-state index in [1.165, 1.54) is 0 Å². The van der Waals surface area contributed by atoms with E-state index in [-0.39, 0.29) is 5.91 Å². The van der Waals surface area contributed by atoms with Crippen molar-refractivity contribution >= 4 is 5.91 Å². The van der Waals surface area contributed by atoms with E-state index in [1.807, 2.05) is 0 Å². The van der Waals surface area contributed by atoms with Crippen LogP contribution in [0.4, 0.5) is 0 Å². The molecule has 68 valence electrons. The van der Waals surface area contributed by atoms with Crippen LogP contribution in [0.3, 0.4) is 0 Å². The highest BCUT2D eigenvalue weighted by molar-refractivity contribution is 5.75. The van der Waals surface area contributed by atoms with Gasteiger partial charge in [0.1, 0.15) is 0 Å². The molecule has 0 aliphatic rings. The molecule has 0 aliphatic heterocycles. The van der Waals surface area contributed by atoms with Gasteiger partial charge in [-0.25, -0.2) is 0 Å². The summed E-state index contributed by atoms with van der Waals surface area (Å²) in [6, 6.07) is 0. The molecule has 0 aliphatic carbocycles. The van der Waals surface area contributed by atoms with Gasteiger partial charge in [-0.3, -0.25) is 4.79 Å². The van der Waals surface area contributed by atoms with E-state index in [0.29, 0.717) is 26.0 Å². The minimum absolute atomic E-state index is 0.0221. The maximum atomic E-state index is 10.9. The summed E-state index contributed by atoms with van der Waals surface area (Å²) < 4.78 is 4.75. The van der Waals surface area contributed by atoms with E-state index in [0.717, 1.165) is 6.42 Å². The topological polar surface area (TPSA) is 38.3 Å². The van der Waals surface area contributed by atoms with Crippen molar-refractivity contribution < 1.29 is 9.53 Å². The fraction of sp³-hybridized carbons (Fsp3) is 0.667. The molecule has 0 fully saturated rings. The SMILES string of the molecule is C#CCCCNC(=O)CCOC. The van der Waals surface area contributed by atoms with Crippen LogP contribution in [-0.4, -0.2) is 26.2 Å². The summed E-state index contributed by atoms with van der Waals surface area (Å²) >= 11 is 0. The molecule has 0 rings (SSSR count). The average molecular weight is 169 g/mol. The Hall–Kier alpha value is -1.01. The van der Waals surface area contributed by atoms with Gasteiger partial charge in [0.15, 0.2) is 0 Å². The Balaban J connectivity index is 3.15. The van der Waals surface area contributed by atoms with Crippen molar-refractivity contribution in [3.8, 4) is 12.3 Å². The molecule has 1 amide bonds. The fourth-order valence-corrected chi connectivity index (χ4v) is 0.701. The van der Waals surface area contributed by atoms with Crippen LogP contribution < -0.4 is 5.32 Å². The van der Waals surface area contributed by atoms with Gasteiger partial charge in [-0.05, 0) is 6.42 Å². The molecule has 12 heavy (non-hydrogen) atoms.